The lowest BCUT2D eigenvalue weighted by Gasteiger charge is -2.13. The number of aliphatic hydroxyl groups excluding tert-OH is 1. The zero-order valence-corrected chi connectivity index (χ0v) is 11.0. The Morgan fingerprint density at radius 3 is 2.68 bits per heavy atom. The van der Waals surface area contributed by atoms with Gasteiger partial charge in [-0.15, -0.1) is 0 Å². The second-order valence-corrected chi connectivity index (χ2v) is 5.52. The fourth-order valence-electron chi connectivity index (χ4n) is 1.31. The molecule has 0 aromatic carbocycles. The first-order chi connectivity index (χ1) is 8.71. The van der Waals surface area contributed by atoms with Crippen molar-refractivity contribution in [3.8, 4) is 0 Å². The Morgan fingerprint density at radius 2 is 2.11 bits per heavy atom. The molecular formula is C9H15N2O7P. The summed E-state index contributed by atoms with van der Waals surface area (Å²) in [5.74, 6) is 0. The SMILES string of the molecule is Cc1cn(CCCOC(O)P(=O)(O)O)c(=O)[nH]c1=O. The molecule has 0 aliphatic rings. The van der Waals surface area contributed by atoms with E-state index in [0.717, 1.165) is 0 Å². The number of aromatic nitrogens is 2. The fraction of sp³-hybridized carbons (Fsp3) is 0.556. The third kappa shape index (κ3) is 4.73. The number of aryl methyl sites for hydroxylation is 2. The van der Waals surface area contributed by atoms with Crippen molar-refractivity contribution in [3.05, 3.63) is 32.6 Å². The van der Waals surface area contributed by atoms with Crippen molar-refractivity contribution >= 4 is 7.60 Å². The van der Waals surface area contributed by atoms with Gasteiger partial charge in [-0.1, -0.05) is 0 Å². The normalized spacial score (nSPS) is 13.5. The second-order valence-electron chi connectivity index (χ2n) is 3.90. The number of hydrogen-bond donors (Lipinski definition) is 4. The number of nitrogens with zero attached hydrogens (tertiary/aromatic N) is 1. The molecule has 19 heavy (non-hydrogen) atoms. The number of nitrogens with one attached hydrogen (secondary N) is 1. The van der Waals surface area contributed by atoms with E-state index in [2.05, 4.69) is 9.72 Å². The molecule has 0 aliphatic carbocycles. The maximum atomic E-state index is 11.4. The lowest BCUT2D eigenvalue weighted by atomic mass is 10.3. The molecule has 1 heterocycles. The van der Waals surface area contributed by atoms with Crippen LogP contribution in [0.25, 0.3) is 0 Å². The van der Waals surface area contributed by atoms with E-state index < -0.39 is 24.9 Å². The molecule has 1 aromatic rings. The Bertz CT molecular complexity index is 587. The highest BCUT2D eigenvalue weighted by Gasteiger charge is 2.26. The smallest absolute Gasteiger partial charge is 0.358 e. The Labute approximate surface area is 107 Å². The van der Waals surface area contributed by atoms with Gasteiger partial charge in [-0.3, -0.25) is 14.3 Å². The molecule has 0 radical (unpaired) electrons. The van der Waals surface area contributed by atoms with Crippen LogP contribution in [0, 0.1) is 6.92 Å². The Kier molecular flexibility index (Phi) is 5.21. The van der Waals surface area contributed by atoms with Crippen molar-refractivity contribution in [2.45, 2.75) is 25.9 Å². The molecule has 0 bridgehead atoms. The largest absolute Gasteiger partial charge is 0.381 e. The summed E-state index contributed by atoms with van der Waals surface area (Å²) in [5.41, 5.74) is -0.670. The summed E-state index contributed by atoms with van der Waals surface area (Å²) in [6.45, 7) is 1.59. The molecule has 0 spiro atoms. The molecule has 4 N–H and O–H groups in total. The van der Waals surface area contributed by atoms with Crippen LogP contribution in [0.4, 0.5) is 0 Å². The summed E-state index contributed by atoms with van der Waals surface area (Å²) >= 11 is 0. The first-order valence-electron chi connectivity index (χ1n) is 5.37. The molecule has 108 valence electrons. The zero-order chi connectivity index (χ0) is 14.6. The van der Waals surface area contributed by atoms with Crippen LogP contribution in [-0.4, -0.2) is 37.1 Å². The van der Waals surface area contributed by atoms with E-state index in [1.807, 2.05) is 0 Å². The molecule has 0 saturated heterocycles. The summed E-state index contributed by atoms with van der Waals surface area (Å²) in [5, 5.41) is 8.92. The second kappa shape index (κ2) is 6.27. The van der Waals surface area contributed by atoms with E-state index in [1.165, 1.54) is 10.8 Å². The van der Waals surface area contributed by atoms with Gasteiger partial charge in [0.1, 0.15) is 0 Å². The van der Waals surface area contributed by atoms with Crippen LogP contribution in [0.15, 0.2) is 15.8 Å². The minimum Gasteiger partial charge on any atom is -0.358 e. The summed E-state index contributed by atoms with van der Waals surface area (Å²) in [7, 11) is -4.68. The number of aromatic amines is 1. The molecule has 1 aromatic heterocycles. The van der Waals surface area contributed by atoms with E-state index in [-0.39, 0.29) is 19.6 Å². The minimum absolute atomic E-state index is 0.142. The Morgan fingerprint density at radius 1 is 1.47 bits per heavy atom. The van der Waals surface area contributed by atoms with Gasteiger partial charge in [0.05, 0.1) is 6.61 Å². The van der Waals surface area contributed by atoms with Crippen LogP contribution in [-0.2, 0) is 15.8 Å². The van der Waals surface area contributed by atoms with Crippen LogP contribution in [0.5, 0.6) is 0 Å². The summed E-state index contributed by atoms with van der Waals surface area (Å²) in [6.07, 6.45) is 1.61. The van der Waals surface area contributed by atoms with E-state index in [0.29, 0.717) is 5.56 Å². The van der Waals surface area contributed by atoms with Crippen LogP contribution in [0.1, 0.15) is 12.0 Å². The fourth-order valence-corrected chi connectivity index (χ4v) is 1.60. The highest BCUT2D eigenvalue weighted by molar-refractivity contribution is 7.52. The van der Waals surface area contributed by atoms with Gasteiger partial charge in [0.2, 0.25) is 0 Å². The van der Waals surface area contributed by atoms with Gasteiger partial charge >= 0.3 is 13.3 Å². The first-order valence-corrected chi connectivity index (χ1v) is 7.05. The summed E-state index contributed by atoms with van der Waals surface area (Å²) in [6, 6.07) is -2.17. The maximum Gasteiger partial charge on any atom is 0.381 e. The van der Waals surface area contributed by atoms with Crippen molar-refractivity contribution in [1.29, 1.82) is 0 Å². The van der Waals surface area contributed by atoms with Crippen molar-refractivity contribution in [2.24, 2.45) is 0 Å². The monoisotopic (exact) mass is 294 g/mol. The van der Waals surface area contributed by atoms with Crippen molar-refractivity contribution < 1.29 is 24.2 Å². The number of aliphatic hydroxyl groups is 1. The van der Waals surface area contributed by atoms with Crippen LogP contribution in [0.2, 0.25) is 0 Å². The van der Waals surface area contributed by atoms with Gasteiger partial charge in [-0.25, -0.2) is 4.79 Å². The molecule has 1 rings (SSSR count). The van der Waals surface area contributed by atoms with E-state index in [4.69, 9.17) is 14.9 Å². The van der Waals surface area contributed by atoms with Gasteiger partial charge < -0.3 is 24.2 Å². The molecule has 0 fully saturated rings. The van der Waals surface area contributed by atoms with Crippen molar-refractivity contribution in [1.82, 2.24) is 9.55 Å². The van der Waals surface area contributed by atoms with Gasteiger partial charge in [0, 0.05) is 18.3 Å². The summed E-state index contributed by atoms with van der Waals surface area (Å²) < 4.78 is 16.3. The molecule has 0 saturated carbocycles. The molecule has 0 aliphatic heterocycles. The molecular weight excluding hydrogens is 279 g/mol. The maximum absolute atomic E-state index is 11.4. The lowest BCUT2D eigenvalue weighted by Crippen LogP contribution is -2.31. The number of H-pyrrole nitrogens is 1. The first kappa shape index (κ1) is 15.8. The number of rotatable bonds is 6. The number of ether oxygens (including phenoxy) is 1. The van der Waals surface area contributed by atoms with Gasteiger partial charge in [-0.05, 0) is 13.3 Å². The number of hydrogen-bond acceptors (Lipinski definition) is 5. The Balaban J connectivity index is 2.51. The van der Waals surface area contributed by atoms with Crippen molar-refractivity contribution in [2.75, 3.05) is 6.61 Å². The lowest BCUT2D eigenvalue weighted by molar-refractivity contribution is -0.0564. The third-order valence-corrected chi connectivity index (χ3v) is 3.01. The van der Waals surface area contributed by atoms with Gasteiger partial charge in [-0.2, -0.15) is 0 Å². The zero-order valence-electron chi connectivity index (χ0n) is 10.1. The van der Waals surface area contributed by atoms with Gasteiger partial charge in [0.15, 0.2) is 0 Å². The highest BCUT2D eigenvalue weighted by Crippen LogP contribution is 2.39. The van der Waals surface area contributed by atoms with E-state index >= 15 is 0 Å². The average molecular weight is 294 g/mol. The minimum atomic E-state index is -4.68. The quantitative estimate of drug-likeness (QED) is 0.290. The summed E-state index contributed by atoms with van der Waals surface area (Å²) in [4.78, 5) is 41.7. The van der Waals surface area contributed by atoms with Crippen LogP contribution < -0.4 is 11.2 Å². The predicted molar refractivity (Wildman–Crippen MR) is 64.7 cm³/mol. The average Bonchev–Trinajstić information content (AvgIpc) is 2.29. The van der Waals surface area contributed by atoms with Gasteiger partial charge in [0.25, 0.3) is 11.6 Å². The third-order valence-electron chi connectivity index (χ3n) is 2.29. The van der Waals surface area contributed by atoms with Crippen molar-refractivity contribution in [3.63, 3.8) is 0 Å². The predicted octanol–water partition coefficient (Wildman–Crippen LogP) is -1.29. The van der Waals surface area contributed by atoms with E-state index in [9.17, 15) is 14.2 Å². The standard InChI is InChI=1S/C9H15N2O7P/c1-6-5-11(8(13)10-7(6)12)3-2-4-18-9(14)19(15,16)17/h5,9,14H,2-4H2,1H3,(H,10,12,13)(H2,15,16,17). The highest BCUT2D eigenvalue weighted by atomic mass is 31.2. The van der Waals surface area contributed by atoms with E-state index in [1.54, 1.807) is 6.92 Å². The molecule has 0 amide bonds. The molecule has 1 atom stereocenters. The molecule has 1 unspecified atom stereocenters. The molecule has 10 heteroatoms. The topological polar surface area (TPSA) is 142 Å². The molecule has 9 nitrogen and oxygen atoms in total. The Hall–Kier alpha value is -1.25. The van der Waals surface area contributed by atoms with Crippen LogP contribution in [0.3, 0.4) is 0 Å². The van der Waals surface area contributed by atoms with Crippen LogP contribution >= 0.6 is 7.60 Å².